The van der Waals surface area contributed by atoms with Crippen molar-refractivity contribution < 1.29 is 14.3 Å². The number of rotatable bonds is 3. The van der Waals surface area contributed by atoms with Gasteiger partial charge in [-0.1, -0.05) is 30.3 Å². The highest BCUT2D eigenvalue weighted by atomic mass is 16.5. The topological polar surface area (TPSA) is 42.0 Å². The quantitative estimate of drug-likeness (QED) is 0.742. The summed E-state index contributed by atoms with van der Waals surface area (Å²) >= 11 is 0. The molecular weight excluding hydrogens is 376 g/mol. The number of carbonyl (C=O) groups is 1. The number of carbonyl (C=O) groups excluding carboxylic acids is 1. The average Bonchev–Trinajstić information content (AvgIpc) is 3.21. The standard InChI is InChI=1S/C25H28N2O3/c1-24(2,3)27-20-15-18(26(4)5)16-21(29-6)22(20)25(23(27)28)13-12-19(30-25)14-17-10-8-7-9-11-17/h7-16H,1-6H3/b19-14-. The summed E-state index contributed by atoms with van der Waals surface area (Å²) in [6.07, 6.45) is 5.67. The summed E-state index contributed by atoms with van der Waals surface area (Å²) in [5.74, 6) is 1.18. The van der Waals surface area contributed by atoms with Crippen LogP contribution in [0.4, 0.5) is 11.4 Å². The first-order valence-corrected chi connectivity index (χ1v) is 10.1. The molecule has 5 heteroatoms. The highest BCUT2D eigenvalue weighted by Crippen LogP contribution is 2.54. The van der Waals surface area contributed by atoms with Gasteiger partial charge in [0.25, 0.3) is 5.91 Å². The molecule has 30 heavy (non-hydrogen) atoms. The number of hydrogen-bond acceptors (Lipinski definition) is 4. The largest absolute Gasteiger partial charge is 0.496 e. The number of ether oxygens (including phenoxy) is 2. The molecule has 1 atom stereocenters. The predicted octanol–water partition coefficient (Wildman–Crippen LogP) is 4.73. The fraction of sp³-hybridized carbons (Fsp3) is 0.320. The fourth-order valence-corrected chi connectivity index (χ4v) is 4.10. The monoisotopic (exact) mass is 404 g/mol. The minimum Gasteiger partial charge on any atom is -0.496 e. The average molecular weight is 405 g/mol. The van der Waals surface area contributed by atoms with Gasteiger partial charge in [-0.15, -0.1) is 0 Å². The molecule has 0 fully saturated rings. The van der Waals surface area contributed by atoms with E-state index in [0.717, 1.165) is 22.5 Å². The minimum absolute atomic E-state index is 0.105. The van der Waals surface area contributed by atoms with Crippen molar-refractivity contribution in [3.05, 3.63) is 71.5 Å². The van der Waals surface area contributed by atoms with Crippen molar-refractivity contribution in [3.63, 3.8) is 0 Å². The van der Waals surface area contributed by atoms with Crippen molar-refractivity contribution in [3.8, 4) is 5.75 Å². The number of nitrogens with zero attached hydrogens (tertiary/aromatic N) is 2. The molecular formula is C25H28N2O3. The molecule has 2 aromatic carbocycles. The van der Waals surface area contributed by atoms with E-state index >= 15 is 0 Å². The molecule has 0 bridgehead atoms. The van der Waals surface area contributed by atoms with E-state index in [4.69, 9.17) is 9.47 Å². The molecule has 0 aromatic heterocycles. The van der Waals surface area contributed by atoms with E-state index in [1.165, 1.54) is 0 Å². The summed E-state index contributed by atoms with van der Waals surface area (Å²) in [6.45, 7) is 6.09. The van der Waals surface area contributed by atoms with Gasteiger partial charge in [-0.3, -0.25) is 4.79 Å². The van der Waals surface area contributed by atoms with E-state index < -0.39 is 11.1 Å². The summed E-state index contributed by atoms with van der Waals surface area (Å²) in [5, 5.41) is 0. The Kier molecular flexibility index (Phi) is 4.64. The molecule has 1 spiro atoms. The van der Waals surface area contributed by atoms with Crippen LogP contribution in [0.2, 0.25) is 0 Å². The third-order valence-electron chi connectivity index (χ3n) is 5.48. The highest BCUT2D eigenvalue weighted by Gasteiger charge is 2.58. The zero-order chi connectivity index (χ0) is 21.7. The van der Waals surface area contributed by atoms with Gasteiger partial charge in [0.15, 0.2) is 0 Å². The van der Waals surface area contributed by atoms with E-state index in [2.05, 4.69) is 0 Å². The zero-order valence-corrected chi connectivity index (χ0v) is 18.4. The molecule has 156 valence electrons. The second kappa shape index (κ2) is 6.94. The van der Waals surface area contributed by atoms with E-state index in [-0.39, 0.29) is 5.91 Å². The Labute approximate surface area is 178 Å². The van der Waals surface area contributed by atoms with Gasteiger partial charge in [0.2, 0.25) is 5.60 Å². The summed E-state index contributed by atoms with van der Waals surface area (Å²) in [7, 11) is 5.58. The van der Waals surface area contributed by atoms with Gasteiger partial charge in [0.1, 0.15) is 11.5 Å². The Morgan fingerprint density at radius 3 is 2.43 bits per heavy atom. The maximum Gasteiger partial charge on any atom is 0.280 e. The Morgan fingerprint density at radius 2 is 1.83 bits per heavy atom. The van der Waals surface area contributed by atoms with Crippen molar-refractivity contribution in [1.29, 1.82) is 0 Å². The summed E-state index contributed by atoms with van der Waals surface area (Å²) in [5.41, 5.74) is 1.91. The Bertz CT molecular complexity index is 1050. The molecule has 0 saturated carbocycles. The maximum absolute atomic E-state index is 13.8. The van der Waals surface area contributed by atoms with Crippen LogP contribution in [0.5, 0.6) is 5.75 Å². The van der Waals surface area contributed by atoms with E-state index in [9.17, 15) is 4.79 Å². The van der Waals surface area contributed by atoms with Gasteiger partial charge in [0, 0.05) is 31.4 Å². The Hall–Kier alpha value is -3.21. The molecule has 0 aliphatic carbocycles. The van der Waals surface area contributed by atoms with E-state index in [1.807, 2.05) is 105 Å². The first-order valence-electron chi connectivity index (χ1n) is 10.1. The van der Waals surface area contributed by atoms with Crippen LogP contribution in [0.3, 0.4) is 0 Å². The number of allylic oxidation sites excluding steroid dienone is 1. The second-order valence-electron chi connectivity index (χ2n) is 8.88. The van der Waals surface area contributed by atoms with E-state index in [0.29, 0.717) is 11.5 Å². The Balaban J connectivity index is 1.89. The van der Waals surface area contributed by atoms with Crippen LogP contribution in [-0.2, 0) is 15.1 Å². The van der Waals surface area contributed by atoms with Crippen molar-refractivity contribution in [2.45, 2.75) is 31.9 Å². The van der Waals surface area contributed by atoms with Crippen LogP contribution in [0.25, 0.3) is 6.08 Å². The number of amides is 1. The molecule has 1 amide bonds. The molecule has 0 radical (unpaired) electrons. The number of methoxy groups -OCH3 is 1. The Morgan fingerprint density at radius 1 is 1.13 bits per heavy atom. The zero-order valence-electron chi connectivity index (χ0n) is 18.4. The predicted molar refractivity (Wildman–Crippen MR) is 121 cm³/mol. The number of benzene rings is 2. The normalized spacial score (nSPS) is 21.3. The third-order valence-corrected chi connectivity index (χ3v) is 5.48. The van der Waals surface area contributed by atoms with Crippen molar-refractivity contribution in [2.75, 3.05) is 31.0 Å². The van der Waals surface area contributed by atoms with Crippen molar-refractivity contribution in [1.82, 2.24) is 0 Å². The van der Waals surface area contributed by atoms with Crippen LogP contribution in [0.1, 0.15) is 31.9 Å². The molecule has 2 heterocycles. The van der Waals surface area contributed by atoms with Crippen LogP contribution >= 0.6 is 0 Å². The molecule has 2 aliphatic heterocycles. The van der Waals surface area contributed by atoms with Gasteiger partial charge in [-0.05, 0) is 50.6 Å². The van der Waals surface area contributed by atoms with Crippen molar-refractivity contribution >= 4 is 23.4 Å². The molecule has 0 saturated heterocycles. The lowest BCUT2D eigenvalue weighted by molar-refractivity contribution is -0.133. The van der Waals surface area contributed by atoms with Crippen LogP contribution in [-0.4, -0.2) is 32.7 Å². The first kappa shape index (κ1) is 20.1. The lowest BCUT2D eigenvalue weighted by Gasteiger charge is -2.33. The smallest absolute Gasteiger partial charge is 0.280 e. The molecule has 0 N–H and O–H groups in total. The van der Waals surface area contributed by atoms with Crippen LogP contribution in [0, 0.1) is 0 Å². The van der Waals surface area contributed by atoms with Crippen LogP contribution in [0.15, 0.2) is 60.4 Å². The summed E-state index contributed by atoms with van der Waals surface area (Å²) < 4.78 is 12.1. The minimum atomic E-state index is -1.22. The number of fused-ring (bicyclic) bond motifs is 2. The van der Waals surface area contributed by atoms with Gasteiger partial charge >= 0.3 is 0 Å². The third kappa shape index (κ3) is 3.05. The van der Waals surface area contributed by atoms with Crippen molar-refractivity contribution in [2.24, 2.45) is 0 Å². The summed E-state index contributed by atoms with van der Waals surface area (Å²) in [6, 6.07) is 13.9. The maximum atomic E-state index is 13.8. The number of hydrogen-bond donors (Lipinski definition) is 0. The SMILES string of the molecule is COc1cc(N(C)C)cc2c1C1(C=C/C(=C/c3ccccc3)O1)C(=O)N2C(C)(C)C. The van der Waals surface area contributed by atoms with E-state index in [1.54, 1.807) is 7.11 Å². The molecule has 1 unspecified atom stereocenters. The molecule has 5 nitrogen and oxygen atoms in total. The lowest BCUT2D eigenvalue weighted by Crippen LogP contribution is -2.48. The second-order valence-corrected chi connectivity index (χ2v) is 8.88. The lowest BCUT2D eigenvalue weighted by atomic mass is 9.94. The number of anilines is 2. The van der Waals surface area contributed by atoms with Gasteiger partial charge in [-0.25, -0.2) is 0 Å². The fourth-order valence-electron chi connectivity index (χ4n) is 4.10. The molecule has 2 aliphatic rings. The first-order chi connectivity index (χ1) is 14.2. The molecule has 2 aromatic rings. The van der Waals surface area contributed by atoms with Gasteiger partial charge in [-0.2, -0.15) is 0 Å². The van der Waals surface area contributed by atoms with Gasteiger partial charge in [0.05, 0.1) is 18.4 Å². The summed E-state index contributed by atoms with van der Waals surface area (Å²) in [4.78, 5) is 17.7. The molecule has 4 rings (SSSR count). The van der Waals surface area contributed by atoms with Gasteiger partial charge < -0.3 is 19.3 Å². The van der Waals surface area contributed by atoms with Crippen LogP contribution < -0.4 is 14.5 Å². The highest BCUT2D eigenvalue weighted by molar-refractivity contribution is 6.11.